The molecular weight excluding hydrogens is 308 g/mol. The summed E-state index contributed by atoms with van der Waals surface area (Å²) in [6.45, 7) is 6.60. The summed E-state index contributed by atoms with van der Waals surface area (Å²) in [4.78, 5) is 18.9. The average Bonchev–Trinajstić information content (AvgIpc) is 3.26. The van der Waals surface area contributed by atoms with Crippen LogP contribution >= 0.6 is 0 Å². The molecule has 0 saturated carbocycles. The van der Waals surface area contributed by atoms with Crippen LogP contribution in [0, 0.1) is 6.92 Å². The van der Waals surface area contributed by atoms with E-state index < -0.39 is 0 Å². The summed E-state index contributed by atoms with van der Waals surface area (Å²) in [7, 11) is 1.86. The molecule has 3 heterocycles. The minimum absolute atomic E-state index is 0.145. The molecule has 1 aliphatic rings. The molecule has 130 valence electrons. The summed E-state index contributed by atoms with van der Waals surface area (Å²) in [6, 6.07) is -0.302. The van der Waals surface area contributed by atoms with Crippen molar-refractivity contribution in [2.24, 2.45) is 7.05 Å². The molecule has 8 nitrogen and oxygen atoms in total. The monoisotopic (exact) mass is 332 g/mol. The van der Waals surface area contributed by atoms with Crippen LogP contribution in [-0.2, 0) is 19.9 Å². The van der Waals surface area contributed by atoms with E-state index in [9.17, 15) is 4.79 Å². The van der Waals surface area contributed by atoms with E-state index in [1.807, 2.05) is 7.05 Å². The highest BCUT2D eigenvalue weighted by molar-refractivity contribution is 5.89. The molecule has 1 fully saturated rings. The van der Waals surface area contributed by atoms with Crippen LogP contribution in [0.15, 0.2) is 4.52 Å². The Morgan fingerprint density at radius 1 is 1.38 bits per heavy atom. The summed E-state index contributed by atoms with van der Waals surface area (Å²) in [5.74, 6) is 1.87. The van der Waals surface area contributed by atoms with E-state index >= 15 is 0 Å². The average molecular weight is 332 g/mol. The second-order valence-electron chi connectivity index (χ2n) is 6.07. The molecule has 2 amide bonds. The predicted octanol–water partition coefficient (Wildman–Crippen LogP) is 2.61. The van der Waals surface area contributed by atoms with Crippen LogP contribution in [0.4, 0.5) is 10.6 Å². The Morgan fingerprint density at radius 2 is 2.17 bits per heavy atom. The molecule has 8 heteroatoms. The van der Waals surface area contributed by atoms with Crippen LogP contribution in [0.25, 0.3) is 0 Å². The lowest BCUT2D eigenvalue weighted by Crippen LogP contribution is -2.35. The fraction of sp³-hybridized carbons (Fsp3) is 0.625. The van der Waals surface area contributed by atoms with E-state index in [0.717, 1.165) is 42.8 Å². The van der Waals surface area contributed by atoms with Crippen LogP contribution in [-0.4, -0.2) is 37.4 Å². The van der Waals surface area contributed by atoms with Crippen molar-refractivity contribution in [3.63, 3.8) is 0 Å². The lowest BCUT2D eigenvalue weighted by Gasteiger charge is -2.22. The molecule has 24 heavy (non-hydrogen) atoms. The van der Waals surface area contributed by atoms with Gasteiger partial charge in [0.05, 0.1) is 5.69 Å². The van der Waals surface area contributed by atoms with Gasteiger partial charge >= 0.3 is 6.03 Å². The summed E-state index contributed by atoms with van der Waals surface area (Å²) in [6.07, 6.45) is 3.44. The Kier molecular flexibility index (Phi) is 4.55. The highest BCUT2D eigenvalue weighted by Crippen LogP contribution is 2.32. The number of nitrogens with zero attached hydrogens (tertiary/aromatic N) is 5. The second kappa shape index (κ2) is 6.62. The van der Waals surface area contributed by atoms with Gasteiger partial charge in [-0.3, -0.25) is 10.00 Å². The number of nitrogens with one attached hydrogen (secondary N) is 1. The fourth-order valence-corrected chi connectivity index (χ4v) is 3.32. The first-order chi connectivity index (χ1) is 11.5. The van der Waals surface area contributed by atoms with Crippen molar-refractivity contribution in [3.8, 4) is 0 Å². The molecule has 0 aliphatic carbocycles. The van der Waals surface area contributed by atoms with Gasteiger partial charge in [-0.05, 0) is 32.6 Å². The second-order valence-corrected chi connectivity index (χ2v) is 6.07. The number of aromatic nitrogens is 4. The van der Waals surface area contributed by atoms with Gasteiger partial charge in [0, 0.05) is 19.2 Å². The number of urea groups is 1. The van der Waals surface area contributed by atoms with Gasteiger partial charge in [0.25, 0.3) is 0 Å². The maximum Gasteiger partial charge on any atom is 0.323 e. The minimum Gasteiger partial charge on any atom is -0.337 e. The van der Waals surface area contributed by atoms with Crippen LogP contribution in [0.2, 0.25) is 0 Å². The molecular formula is C16H24N6O2. The molecule has 0 unspecified atom stereocenters. The standard InChI is InChI=1S/C16H24N6O2/c1-5-11-12(6-2)19-21(4)14(11)18-16(23)22-9-7-8-13(22)15-17-10(3)20-24-15/h13H,5-9H2,1-4H3,(H,18,23)/t13-/m0/s1. The number of hydrogen-bond acceptors (Lipinski definition) is 5. The van der Waals surface area contributed by atoms with Crippen LogP contribution < -0.4 is 5.32 Å². The zero-order valence-electron chi connectivity index (χ0n) is 14.7. The first-order valence-corrected chi connectivity index (χ1v) is 8.47. The molecule has 2 aromatic heterocycles. The van der Waals surface area contributed by atoms with Gasteiger partial charge in [0.1, 0.15) is 11.9 Å². The van der Waals surface area contributed by atoms with Gasteiger partial charge in [-0.2, -0.15) is 10.1 Å². The maximum atomic E-state index is 12.8. The van der Waals surface area contributed by atoms with E-state index in [2.05, 4.69) is 34.4 Å². The van der Waals surface area contributed by atoms with Gasteiger partial charge in [-0.1, -0.05) is 19.0 Å². The largest absolute Gasteiger partial charge is 0.337 e. The van der Waals surface area contributed by atoms with Crippen LogP contribution in [0.5, 0.6) is 0 Å². The number of rotatable bonds is 4. The quantitative estimate of drug-likeness (QED) is 0.929. The molecule has 0 aromatic carbocycles. The molecule has 1 saturated heterocycles. The van der Waals surface area contributed by atoms with Crippen molar-refractivity contribution in [1.82, 2.24) is 24.8 Å². The molecule has 3 rings (SSSR count). The number of carbonyl (C=O) groups excluding carboxylic acids is 1. The first kappa shape index (κ1) is 16.5. The van der Waals surface area contributed by atoms with E-state index in [4.69, 9.17) is 4.52 Å². The SMILES string of the molecule is CCc1nn(C)c(NC(=O)N2CCC[C@H]2c2nc(C)no2)c1CC. The third-order valence-corrected chi connectivity index (χ3v) is 4.48. The number of anilines is 1. The van der Waals surface area contributed by atoms with Gasteiger partial charge < -0.3 is 9.42 Å². The summed E-state index contributed by atoms with van der Waals surface area (Å²) >= 11 is 0. The third-order valence-electron chi connectivity index (χ3n) is 4.48. The summed E-state index contributed by atoms with van der Waals surface area (Å²) in [5, 5.41) is 11.4. The van der Waals surface area contributed by atoms with E-state index in [1.54, 1.807) is 16.5 Å². The van der Waals surface area contributed by atoms with Crippen LogP contribution in [0.3, 0.4) is 0 Å². The van der Waals surface area contributed by atoms with E-state index in [1.165, 1.54) is 0 Å². The first-order valence-electron chi connectivity index (χ1n) is 8.47. The molecule has 2 aromatic rings. The summed E-state index contributed by atoms with van der Waals surface area (Å²) < 4.78 is 7.02. The zero-order valence-corrected chi connectivity index (χ0v) is 14.7. The molecule has 0 bridgehead atoms. The Bertz CT molecular complexity index is 735. The molecule has 1 N–H and O–H groups in total. The van der Waals surface area contributed by atoms with Crippen molar-refractivity contribution in [2.75, 3.05) is 11.9 Å². The number of likely N-dealkylation sites (tertiary alicyclic amines) is 1. The highest BCUT2D eigenvalue weighted by Gasteiger charge is 2.34. The number of carbonyl (C=O) groups is 1. The van der Waals surface area contributed by atoms with Gasteiger partial charge in [0.2, 0.25) is 5.89 Å². The van der Waals surface area contributed by atoms with Crippen LogP contribution in [0.1, 0.15) is 55.7 Å². The molecule has 0 radical (unpaired) electrons. The summed E-state index contributed by atoms with van der Waals surface area (Å²) in [5.41, 5.74) is 2.12. The Labute approximate surface area is 141 Å². The number of hydrogen-bond donors (Lipinski definition) is 1. The Balaban J connectivity index is 1.81. The van der Waals surface area contributed by atoms with Crippen molar-refractivity contribution >= 4 is 11.8 Å². The van der Waals surface area contributed by atoms with Gasteiger partial charge in [-0.15, -0.1) is 0 Å². The maximum absolute atomic E-state index is 12.8. The number of amides is 2. The molecule has 0 spiro atoms. The minimum atomic E-state index is -0.157. The normalized spacial score (nSPS) is 17.5. The van der Waals surface area contributed by atoms with Crippen molar-refractivity contribution in [1.29, 1.82) is 0 Å². The van der Waals surface area contributed by atoms with Crippen molar-refractivity contribution in [2.45, 2.75) is 52.5 Å². The predicted molar refractivity (Wildman–Crippen MR) is 88.7 cm³/mol. The zero-order chi connectivity index (χ0) is 17.3. The smallest absolute Gasteiger partial charge is 0.323 e. The lowest BCUT2D eigenvalue weighted by atomic mass is 10.1. The number of aryl methyl sites for hydroxylation is 3. The van der Waals surface area contributed by atoms with Crippen molar-refractivity contribution < 1.29 is 9.32 Å². The van der Waals surface area contributed by atoms with Gasteiger partial charge in [0.15, 0.2) is 5.82 Å². The molecule has 1 aliphatic heterocycles. The highest BCUT2D eigenvalue weighted by atomic mass is 16.5. The lowest BCUT2D eigenvalue weighted by molar-refractivity contribution is 0.193. The Hall–Kier alpha value is -2.38. The van der Waals surface area contributed by atoms with Crippen molar-refractivity contribution in [3.05, 3.63) is 23.0 Å². The Morgan fingerprint density at radius 3 is 2.79 bits per heavy atom. The molecule has 1 atom stereocenters. The third kappa shape index (κ3) is 2.88. The fourth-order valence-electron chi connectivity index (χ4n) is 3.32. The van der Waals surface area contributed by atoms with Gasteiger partial charge in [-0.25, -0.2) is 4.79 Å². The van der Waals surface area contributed by atoms with E-state index in [-0.39, 0.29) is 12.1 Å². The topological polar surface area (TPSA) is 89.1 Å². The van der Waals surface area contributed by atoms with E-state index in [0.29, 0.717) is 18.3 Å².